The van der Waals surface area contributed by atoms with Gasteiger partial charge in [0, 0.05) is 18.0 Å². The second-order valence-electron chi connectivity index (χ2n) is 2.86. The van der Waals surface area contributed by atoms with Gasteiger partial charge in [-0.1, -0.05) is 6.07 Å². The van der Waals surface area contributed by atoms with Crippen molar-refractivity contribution in [3.63, 3.8) is 0 Å². The van der Waals surface area contributed by atoms with Crippen LogP contribution in [0.3, 0.4) is 0 Å². The van der Waals surface area contributed by atoms with Gasteiger partial charge in [0.05, 0.1) is 11.6 Å². The molecule has 0 bridgehead atoms. The average Bonchev–Trinajstić information content (AvgIpc) is 2.70. The summed E-state index contributed by atoms with van der Waals surface area (Å²) in [4.78, 5) is 0. The summed E-state index contributed by atoms with van der Waals surface area (Å²) in [6.07, 6.45) is 3.41. The van der Waals surface area contributed by atoms with E-state index in [2.05, 4.69) is 5.10 Å². The van der Waals surface area contributed by atoms with Gasteiger partial charge in [0.25, 0.3) is 0 Å². The van der Waals surface area contributed by atoms with Crippen LogP contribution in [0, 0.1) is 5.82 Å². The fraction of sp³-hybridized carbons (Fsp3) is 0.100. The summed E-state index contributed by atoms with van der Waals surface area (Å²) in [6.45, 7) is 0. The molecule has 0 aliphatic rings. The largest absolute Gasteiger partial charge is 0.241 e. The topological polar surface area (TPSA) is 17.8 Å². The Hall–Kier alpha value is -1.35. The summed E-state index contributed by atoms with van der Waals surface area (Å²) in [6, 6.07) is 6.66. The summed E-state index contributed by atoms with van der Waals surface area (Å²) in [5.74, 6) is -0.112. The van der Waals surface area contributed by atoms with Crippen LogP contribution in [0.4, 0.5) is 4.39 Å². The Kier molecular flexibility index (Phi) is 2.50. The van der Waals surface area contributed by atoms with Crippen LogP contribution in [-0.2, 0) is 5.88 Å². The molecule has 1 aromatic carbocycles. The van der Waals surface area contributed by atoms with Gasteiger partial charge >= 0.3 is 0 Å². The average molecular weight is 211 g/mol. The Labute approximate surface area is 85.9 Å². The first-order chi connectivity index (χ1) is 6.81. The minimum Gasteiger partial charge on any atom is -0.241 e. The first-order valence-corrected chi connectivity index (χ1v) is 4.69. The van der Waals surface area contributed by atoms with Crippen molar-refractivity contribution in [2.24, 2.45) is 0 Å². The van der Waals surface area contributed by atoms with Crippen molar-refractivity contribution in [2.45, 2.75) is 5.88 Å². The van der Waals surface area contributed by atoms with Crippen molar-refractivity contribution in [1.82, 2.24) is 9.78 Å². The van der Waals surface area contributed by atoms with E-state index in [0.29, 0.717) is 11.3 Å². The van der Waals surface area contributed by atoms with E-state index in [4.69, 9.17) is 11.6 Å². The molecule has 2 aromatic rings. The number of nitrogens with zero attached hydrogens (tertiary/aromatic N) is 2. The maximum absolute atomic E-state index is 13.3. The summed E-state index contributed by atoms with van der Waals surface area (Å²) in [7, 11) is 0. The zero-order valence-electron chi connectivity index (χ0n) is 7.32. The molecule has 2 nitrogen and oxygen atoms in total. The Morgan fingerprint density at radius 1 is 1.43 bits per heavy atom. The van der Waals surface area contributed by atoms with E-state index in [1.807, 2.05) is 0 Å². The quantitative estimate of drug-likeness (QED) is 0.697. The number of hydrogen-bond acceptors (Lipinski definition) is 1. The van der Waals surface area contributed by atoms with Crippen LogP contribution < -0.4 is 0 Å². The van der Waals surface area contributed by atoms with Gasteiger partial charge in [-0.05, 0) is 18.2 Å². The highest BCUT2D eigenvalue weighted by Gasteiger charge is 2.03. The predicted octanol–water partition coefficient (Wildman–Crippen LogP) is 2.75. The second-order valence-corrected chi connectivity index (χ2v) is 3.13. The molecule has 0 saturated heterocycles. The number of halogens is 2. The lowest BCUT2D eigenvalue weighted by atomic mass is 10.2. The van der Waals surface area contributed by atoms with Crippen molar-refractivity contribution in [3.05, 3.63) is 48.0 Å². The molecule has 0 saturated carbocycles. The van der Waals surface area contributed by atoms with Crippen LogP contribution in [-0.4, -0.2) is 9.78 Å². The highest BCUT2D eigenvalue weighted by Crippen LogP contribution is 2.14. The molecular weight excluding hydrogens is 203 g/mol. The van der Waals surface area contributed by atoms with Crippen LogP contribution in [0.25, 0.3) is 5.69 Å². The molecule has 0 fully saturated rings. The van der Waals surface area contributed by atoms with Gasteiger partial charge < -0.3 is 0 Å². The van der Waals surface area contributed by atoms with E-state index in [0.717, 1.165) is 0 Å². The lowest BCUT2D eigenvalue weighted by Crippen LogP contribution is -1.96. The maximum atomic E-state index is 13.3. The third kappa shape index (κ3) is 1.63. The second kappa shape index (κ2) is 3.80. The van der Waals surface area contributed by atoms with E-state index in [1.165, 1.54) is 6.07 Å². The Morgan fingerprint density at radius 3 is 2.86 bits per heavy atom. The third-order valence-electron chi connectivity index (χ3n) is 1.95. The van der Waals surface area contributed by atoms with Gasteiger partial charge in [-0.2, -0.15) is 5.10 Å². The van der Waals surface area contributed by atoms with Crippen molar-refractivity contribution >= 4 is 11.6 Å². The third-order valence-corrected chi connectivity index (χ3v) is 2.24. The van der Waals surface area contributed by atoms with E-state index in [1.54, 1.807) is 35.3 Å². The molecule has 0 radical (unpaired) electrons. The molecule has 1 heterocycles. The van der Waals surface area contributed by atoms with Gasteiger partial charge in [-0.3, -0.25) is 0 Å². The number of aromatic nitrogens is 2. The Bertz CT molecular complexity index is 426. The molecule has 1 aromatic heterocycles. The van der Waals surface area contributed by atoms with Crippen molar-refractivity contribution in [3.8, 4) is 5.69 Å². The zero-order valence-corrected chi connectivity index (χ0v) is 8.08. The summed E-state index contributed by atoms with van der Waals surface area (Å²) in [5.41, 5.74) is 1.20. The minimum absolute atomic E-state index is 0.186. The van der Waals surface area contributed by atoms with Gasteiger partial charge in [0.1, 0.15) is 5.82 Å². The van der Waals surface area contributed by atoms with Crippen molar-refractivity contribution in [2.75, 3.05) is 0 Å². The zero-order chi connectivity index (χ0) is 9.97. The van der Waals surface area contributed by atoms with E-state index < -0.39 is 0 Å². The molecule has 2 rings (SSSR count). The SMILES string of the molecule is Fc1cc(-n2cccn2)ccc1CCl. The molecule has 0 amide bonds. The normalized spacial score (nSPS) is 10.4. The molecule has 0 spiro atoms. The van der Waals surface area contributed by atoms with Crippen molar-refractivity contribution < 1.29 is 4.39 Å². The van der Waals surface area contributed by atoms with E-state index >= 15 is 0 Å². The molecular formula is C10H8ClFN2. The van der Waals surface area contributed by atoms with E-state index in [9.17, 15) is 4.39 Å². The van der Waals surface area contributed by atoms with Crippen molar-refractivity contribution in [1.29, 1.82) is 0 Å². The number of hydrogen-bond donors (Lipinski definition) is 0. The number of alkyl halides is 1. The number of benzene rings is 1. The number of rotatable bonds is 2. The fourth-order valence-corrected chi connectivity index (χ4v) is 1.43. The van der Waals surface area contributed by atoms with Crippen LogP contribution in [0.2, 0.25) is 0 Å². The van der Waals surface area contributed by atoms with Crippen LogP contribution in [0.1, 0.15) is 5.56 Å². The molecule has 72 valence electrons. The summed E-state index contributed by atoms with van der Waals surface area (Å²) in [5, 5.41) is 4.00. The lowest BCUT2D eigenvalue weighted by molar-refractivity contribution is 0.614. The molecule has 0 aliphatic carbocycles. The highest BCUT2D eigenvalue weighted by molar-refractivity contribution is 6.17. The maximum Gasteiger partial charge on any atom is 0.129 e. The van der Waals surface area contributed by atoms with Crippen LogP contribution in [0.15, 0.2) is 36.7 Å². The molecule has 4 heteroatoms. The van der Waals surface area contributed by atoms with Gasteiger partial charge in [0.2, 0.25) is 0 Å². The molecule has 0 unspecified atom stereocenters. The Morgan fingerprint density at radius 2 is 2.29 bits per heavy atom. The first-order valence-electron chi connectivity index (χ1n) is 4.15. The fourth-order valence-electron chi connectivity index (χ4n) is 1.21. The first kappa shape index (κ1) is 9.21. The van der Waals surface area contributed by atoms with Crippen LogP contribution >= 0.6 is 11.6 Å². The van der Waals surface area contributed by atoms with Gasteiger partial charge in [-0.25, -0.2) is 9.07 Å². The van der Waals surface area contributed by atoms with Gasteiger partial charge in [-0.15, -0.1) is 11.6 Å². The summed E-state index contributed by atoms with van der Waals surface area (Å²) < 4.78 is 14.9. The smallest absolute Gasteiger partial charge is 0.129 e. The Balaban J connectivity index is 2.43. The minimum atomic E-state index is -0.298. The summed E-state index contributed by atoms with van der Waals surface area (Å²) >= 11 is 5.55. The predicted molar refractivity (Wildman–Crippen MR) is 53.1 cm³/mol. The standard InChI is InChI=1S/C10H8ClFN2/c11-7-8-2-3-9(6-10(8)12)14-5-1-4-13-14/h1-6H,7H2. The molecule has 0 aliphatic heterocycles. The van der Waals surface area contributed by atoms with Gasteiger partial charge in [0.15, 0.2) is 0 Å². The molecule has 14 heavy (non-hydrogen) atoms. The highest BCUT2D eigenvalue weighted by atomic mass is 35.5. The lowest BCUT2D eigenvalue weighted by Gasteiger charge is -2.03. The van der Waals surface area contributed by atoms with E-state index in [-0.39, 0.29) is 11.7 Å². The molecule has 0 N–H and O–H groups in total. The monoisotopic (exact) mass is 210 g/mol. The molecule has 0 atom stereocenters. The van der Waals surface area contributed by atoms with Crippen LogP contribution in [0.5, 0.6) is 0 Å².